The predicted molar refractivity (Wildman–Crippen MR) is 108 cm³/mol. The maximum absolute atomic E-state index is 9.52. The van der Waals surface area contributed by atoms with Crippen molar-refractivity contribution in [1.82, 2.24) is 4.98 Å². The lowest BCUT2D eigenvalue weighted by Crippen LogP contribution is -2.20. The minimum atomic E-state index is -0.202. The monoisotopic (exact) mass is 349 g/mol. The lowest BCUT2D eigenvalue weighted by molar-refractivity contribution is 0.114. The highest BCUT2D eigenvalue weighted by molar-refractivity contribution is 5.90. The maximum Gasteiger partial charge on any atom is 0.131 e. The van der Waals surface area contributed by atoms with E-state index in [9.17, 15) is 5.11 Å². The van der Waals surface area contributed by atoms with Gasteiger partial charge in [-0.15, -0.1) is 0 Å². The molecule has 0 aliphatic heterocycles. The van der Waals surface area contributed by atoms with Crippen LogP contribution in [0.3, 0.4) is 0 Å². The number of aryl methyl sites for hydroxylation is 4. The van der Waals surface area contributed by atoms with Gasteiger partial charge in [0.2, 0.25) is 0 Å². The summed E-state index contributed by atoms with van der Waals surface area (Å²) in [5.41, 5.74) is 8.07. The number of aromatic nitrogens is 1. The highest BCUT2D eigenvalue weighted by Crippen LogP contribution is 2.34. The first-order chi connectivity index (χ1) is 12.4. The highest BCUT2D eigenvalue weighted by atomic mass is 16.5. The molecule has 3 nitrogen and oxygen atoms in total. The van der Waals surface area contributed by atoms with Crippen LogP contribution in [0.2, 0.25) is 0 Å². The smallest absolute Gasteiger partial charge is 0.131 e. The van der Waals surface area contributed by atoms with Crippen molar-refractivity contribution in [3.63, 3.8) is 0 Å². The Hall–Kier alpha value is -2.39. The van der Waals surface area contributed by atoms with Crippen molar-refractivity contribution in [2.75, 3.05) is 6.61 Å². The van der Waals surface area contributed by atoms with Gasteiger partial charge in [0, 0.05) is 17.1 Å². The second-order valence-corrected chi connectivity index (χ2v) is 7.10. The van der Waals surface area contributed by atoms with Gasteiger partial charge in [-0.05, 0) is 68.5 Å². The molecule has 136 valence electrons. The Morgan fingerprint density at radius 2 is 1.69 bits per heavy atom. The van der Waals surface area contributed by atoms with E-state index in [2.05, 4.69) is 56.1 Å². The van der Waals surface area contributed by atoms with Crippen LogP contribution >= 0.6 is 0 Å². The quantitative estimate of drug-likeness (QED) is 0.681. The number of aliphatic hydroxyl groups excluding tert-OH is 1. The molecule has 0 fully saturated rings. The number of aliphatic hydroxyl groups is 1. The number of rotatable bonds is 5. The van der Waals surface area contributed by atoms with E-state index in [-0.39, 0.29) is 12.7 Å². The Bertz CT molecular complexity index is 919. The summed E-state index contributed by atoms with van der Waals surface area (Å²) in [4.78, 5) is 4.65. The first kappa shape index (κ1) is 18.4. The van der Waals surface area contributed by atoms with Gasteiger partial charge in [0.15, 0.2) is 0 Å². The highest BCUT2D eigenvalue weighted by Gasteiger charge is 2.13. The first-order valence-corrected chi connectivity index (χ1v) is 9.20. The molecule has 0 amide bonds. The number of fused-ring (bicyclic) bond motifs is 1. The number of benzene rings is 2. The maximum atomic E-state index is 9.52. The van der Waals surface area contributed by atoms with Gasteiger partial charge < -0.3 is 9.84 Å². The molecular formula is C23H27NO2. The summed E-state index contributed by atoms with van der Waals surface area (Å²) in [5, 5.41) is 10.5. The van der Waals surface area contributed by atoms with Crippen LogP contribution < -0.4 is 4.74 Å². The molecular weight excluding hydrogens is 322 g/mol. The second-order valence-electron chi connectivity index (χ2n) is 7.10. The van der Waals surface area contributed by atoms with Crippen molar-refractivity contribution >= 4 is 10.9 Å². The zero-order chi connectivity index (χ0) is 18.8. The average Bonchev–Trinajstić information content (AvgIpc) is 2.58. The zero-order valence-corrected chi connectivity index (χ0v) is 16.3. The molecule has 26 heavy (non-hydrogen) atoms. The molecule has 0 saturated heterocycles. The van der Waals surface area contributed by atoms with E-state index < -0.39 is 0 Å². The molecule has 1 unspecified atom stereocenters. The number of nitrogens with zero attached hydrogens (tertiary/aromatic N) is 1. The summed E-state index contributed by atoms with van der Waals surface area (Å²) >= 11 is 0. The van der Waals surface area contributed by atoms with E-state index in [1.165, 1.54) is 27.8 Å². The molecule has 3 rings (SSSR count). The molecule has 3 aromatic rings. The van der Waals surface area contributed by atoms with E-state index in [0.29, 0.717) is 0 Å². The van der Waals surface area contributed by atoms with Crippen molar-refractivity contribution in [3.05, 3.63) is 58.8 Å². The average molecular weight is 349 g/mol. The lowest BCUT2D eigenvalue weighted by Gasteiger charge is -2.18. The van der Waals surface area contributed by atoms with Crippen molar-refractivity contribution < 1.29 is 9.84 Å². The van der Waals surface area contributed by atoms with E-state index in [1.807, 2.05) is 19.9 Å². The topological polar surface area (TPSA) is 42.4 Å². The van der Waals surface area contributed by atoms with Gasteiger partial charge in [-0.2, -0.15) is 0 Å². The van der Waals surface area contributed by atoms with Crippen molar-refractivity contribution in [2.24, 2.45) is 0 Å². The molecule has 3 heteroatoms. The van der Waals surface area contributed by atoms with Crippen LogP contribution in [0.1, 0.15) is 35.7 Å². The van der Waals surface area contributed by atoms with Gasteiger partial charge in [0.25, 0.3) is 0 Å². The molecule has 1 heterocycles. The van der Waals surface area contributed by atoms with Gasteiger partial charge in [0.1, 0.15) is 11.9 Å². The summed E-state index contributed by atoms with van der Waals surface area (Å²) in [7, 11) is 0. The molecule has 0 spiro atoms. The normalized spacial score (nSPS) is 12.4. The van der Waals surface area contributed by atoms with E-state index in [0.717, 1.165) is 28.8 Å². The molecule has 0 aliphatic carbocycles. The summed E-state index contributed by atoms with van der Waals surface area (Å²) in [6, 6.07) is 12.7. The van der Waals surface area contributed by atoms with Crippen molar-refractivity contribution in [2.45, 2.75) is 47.1 Å². The third kappa shape index (κ3) is 3.58. The fourth-order valence-electron chi connectivity index (χ4n) is 3.64. The third-order valence-electron chi connectivity index (χ3n) is 4.82. The number of hydrogen-bond donors (Lipinski definition) is 1. The third-order valence-corrected chi connectivity index (χ3v) is 4.82. The number of hydrogen-bond acceptors (Lipinski definition) is 3. The van der Waals surface area contributed by atoms with Gasteiger partial charge in [-0.1, -0.05) is 30.7 Å². The molecule has 1 aromatic heterocycles. The minimum Gasteiger partial charge on any atom is -0.487 e. The van der Waals surface area contributed by atoms with Crippen LogP contribution in [-0.2, 0) is 0 Å². The number of ether oxygens (including phenoxy) is 1. The van der Waals surface area contributed by atoms with Gasteiger partial charge in [0.05, 0.1) is 12.1 Å². The molecule has 1 atom stereocenters. The minimum absolute atomic E-state index is 0.00916. The van der Waals surface area contributed by atoms with E-state index in [1.54, 1.807) is 0 Å². The molecule has 2 aromatic carbocycles. The van der Waals surface area contributed by atoms with Crippen molar-refractivity contribution in [3.8, 4) is 16.9 Å². The standard InChI is InChI=1S/C23H27NO2/c1-6-19(13-25)26-22-11-17(5)24-21-8-7-18(12-20(21)22)23-15(3)9-14(2)10-16(23)4/h7-12,19,25H,6,13H2,1-5H3. The SMILES string of the molecule is CCC(CO)Oc1cc(C)nc2ccc(-c3c(C)cc(C)cc3C)cc12. The molecule has 0 saturated carbocycles. The van der Waals surface area contributed by atoms with Gasteiger partial charge >= 0.3 is 0 Å². The van der Waals surface area contributed by atoms with Crippen molar-refractivity contribution in [1.29, 1.82) is 0 Å². The van der Waals surface area contributed by atoms with Gasteiger partial charge in [-0.3, -0.25) is 4.98 Å². The summed E-state index contributed by atoms with van der Waals surface area (Å²) in [6.45, 7) is 10.4. The summed E-state index contributed by atoms with van der Waals surface area (Å²) in [5.74, 6) is 0.790. The van der Waals surface area contributed by atoms with Gasteiger partial charge in [-0.25, -0.2) is 0 Å². The Kier molecular flexibility index (Phi) is 5.28. The summed E-state index contributed by atoms with van der Waals surface area (Å²) in [6.07, 6.45) is 0.557. The van der Waals surface area contributed by atoms with E-state index >= 15 is 0 Å². The molecule has 1 N–H and O–H groups in total. The Morgan fingerprint density at radius 1 is 1.00 bits per heavy atom. The van der Waals surface area contributed by atoms with E-state index in [4.69, 9.17) is 4.74 Å². The van der Waals surface area contributed by atoms with Crippen LogP contribution in [0.15, 0.2) is 36.4 Å². The largest absolute Gasteiger partial charge is 0.487 e. The second kappa shape index (κ2) is 7.46. The lowest BCUT2D eigenvalue weighted by atomic mass is 9.93. The Balaban J connectivity index is 2.18. The fraction of sp³-hybridized carbons (Fsp3) is 0.348. The Labute approximate surface area is 155 Å². The molecule has 0 bridgehead atoms. The first-order valence-electron chi connectivity index (χ1n) is 9.20. The fourth-order valence-corrected chi connectivity index (χ4v) is 3.64. The molecule has 0 aliphatic rings. The van der Waals surface area contributed by atoms with Crippen LogP contribution in [0.5, 0.6) is 5.75 Å². The zero-order valence-electron chi connectivity index (χ0n) is 16.3. The number of pyridine rings is 1. The van der Waals surface area contributed by atoms with Crippen LogP contribution in [-0.4, -0.2) is 22.8 Å². The predicted octanol–water partition coefficient (Wildman–Crippen LogP) is 5.29. The summed E-state index contributed by atoms with van der Waals surface area (Å²) < 4.78 is 6.09. The Morgan fingerprint density at radius 3 is 2.31 bits per heavy atom. The van der Waals surface area contributed by atoms with Crippen LogP contribution in [0.4, 0.5) is 0 Å². The van der Waals surface area contributed by atoms with Crippen LogP contribution in [0, 0.1) is 27.7 Å². The molecule has 0 radical (unpaired) electrons. The van der Waals surface area contributed by atoms with Crippen LogP contribution in [0.25, 0.3) is 22.0 Å².